The Morgan fingerprint density at radius 3 is 2.10 bits per heavy atom. The van der Waals surface area contributed by atoms with Gasteiger partial charge in [-0.3, -0.25) is 4.79 Å². The molecule has 0 bridgehead atoms. The Labute approximate surface area is 126 Å². The van der Waals surface area contributed by atoms with Crippen molar-refractivity contribution in [2.24, 2.45) is 0 Å². The van der Waals surface area contributed by atoms with Gasteiger partial charge in [-0.1, -0.05) is 25.5 Å². The highest BCUT2D eigenvalue weighted by Gasteiger charge is 2.03. The molecule has 0 fully saturated rings. The first-order valence-electron chi connectivity index (χ1n) is 7.32. The van der Waals surface area contributed by atoms with E-state index in [-0.39, 0.29) is 5.91 Å². The minimum atomic E-state index is -0.0955. The van der Waals surface area contributed by atoms with Crippen LogP contribution in [-0.4, -0.2) is 13.0 Å². The van der Waals surface area contributed by atoms with Gasteiger partial charge in [0, 0.05) is 12.6 Å². The molecule has 2 rings (SSSR count). The average Bonchev–Trinajstić information content (AvgIpc) is 2.54. The topological polar surface area (TPSA) is 38.3 Å². The van der Waals surface area contributed by atoms with Crippen LogP contribution in [-0.2, 0) is 6.42 Å². The van der Waals surface area contributed by atoms with Crippen LogP contribution in [0.1, 0.15) is 35.7 Å². The summed E-state index contributed by atoms with van der Waals surface area (Å²) in [7, 11) is 1.62. The lowest BCUT2D eigenvalue weighted by Gasteiger charge is -2.07. The summed E-state index contributed by atoms with van der Waals surface area (Å²) in [4.78, 5) is 11.5. The summed E-state index contributed by atoms with van der Waals surface area (Å²) >= 11 is 0. The summed E-state index contributed by atoms with van der Waals surface area (Å²) in [6.07, 6.45) is 3.52. The molecule has 0 aliphatic rings. The highest BCUT2D eigenvalue weighted by molar-refractivity contribution is 5.94. The first-order chi connectivity index (χ1) is 10.2. The highest BCUT2D eigenvalue weighted by atomic mass is 16.5. The standard InChI is InChI=1S/C18H21NO2/c1-3-4-5-14-6-10-16(11-7-14)21-17-12-8-15(9-13-17)18(20)19-2/h6-13H,3-5H2,1-2H3,(H,19,20). The van der Waals surface area contributed by atoms with Gasteiger partial charge in [0.1, 0.15) is 11.5 Å². The molecule has 0 aliphatic carbocycles. The SMILES string of the molecule is CCCCc1ccc(Oc2ccc(C(=O)NC)cc2)cc1. The van der Waals surface area contributed by atoms with Crippen molar-refractivity contribution in [3.05, 3.63) is 59.7 Å². The molecule has 3 heteroatoms. The molecule has 2 aromatic carbocycles. The first-order valence-corrected chi connectivity index (χ1v) is 7.32. The van der Waals surface area contributed by atoms with Crippen molar-refractivity contribution in [1.82, 2.24) is 5.32 Å². The predicted molar refractivity (Wildman–Crippen MR) is 85.0 cm³/mol. The van der Waals surface area contributed by atoms with Crippen LogP contribution >= 0.6 is 0 Å². The van der Waals surface area contributed by atoms with Crippen molar-refractivity contribution < 1.29 is 9.53 Å². The predicted octanol–water partition coefficient (Wildman–Crippen LogP) is 4.18. The third kappa shape index (κ3) is 4.35. The van der Waals surface area contributed by atoms with Crippen molar-refractivity contribution in [2.75, 3.05) is 7.05 Å². The monoisotopic (exact) mass is 283 g/mol. The van der Waals surface area contributed by atoms with E-state index in [9.17, 15) is 4.79 Å². The number of rotatable bonds is 6. The number of hydrogen-bond acceptors (Lipinski definition) is 2. The van der Waals surface area contributed by atoms with E-state index in [1.54, 1.807) is 31.3 Å². The van der Waals surface area contributed by atoms with E-state index >= 15 is 0 Å². The van der Waals surface area contributed by atoms with Gasteiger partial charge in [0.05, 0.1) is 0 Å². The Morgan fingerprint density at radius 1 is 1.00 bits per heavy atom. The lowest BCUT2D eigenvalue weighted by molar-refractivity contribution is 0.0963. The van der Waals surface area contributed by atoms with Gasteiger partial charge in [-0.2, -0.15) is 0 Å². The van der Waals surface area contributed by atoms with E-state index in [4.69, 9.17) is 4.74 Å². The van der Waals surface area contributed by atoms with Gasteiger partial charge >= 0.3 is 0 Å². The number of carbonyl (C=O) groups is 1. The average molecular weight is 283 g/mol. The van der Waals surface area contributed by atoms with Crippen molar-refractivity contribution >= 4 is 5.91 Å². The van der Waals surface area contributed by atoms with Gasteiger partial charge in [-0.05, 0) is 54.8 Å². The first kappa shape index (κ1) is 15.1. The van der Waals surface area contributed by atoms with E-state index in [1.165, 1.54) is 18.4 Å². The number of benzene rings is 2. The molecule has 0 saturated heterocycles. The van der Waals surface area contributed by atoms with E-state index in [0.717, 1.165) is 17.9 Å². The van der Waals surface area contributed by atoms with E-state index in [1.807, 2.05) is 12.1 Å². The van der Waals surface area contributed by atoms with E-state index in [2.05, 4.69) is 24.4 Å². The number of hydrogen-bond donors (Lipinski definition) is 1. The van der Waals surface area contributed by atoms with Gasteiger partial charge < -0.3 is 10.1 Å². The Morgan fingerprint density at radius 2 is 1.57 bits per heavy atom. The Bertz CT molecular complexity index is 573. The number of unbranched alkanes of at least 4 members (excludes halogenated alkanes) is 1. The van der Waals surface area contributed by atoms with Crippen LogP contribution in [0, 0.1) is 0 Å². The van der Waals surface area contributed by atoms with Crippen LogP contribution in [0.15, 0.2) is 48.5 Å². The molecule has 110 valence electrons. The van der Waals surface area contributed by atoms with Crippen LogP contribution in [0.2, 0.25) is 0 Å². The maximum absolute atomic E-state index is 11.5. The molecule has 0 radical (unpaired) electrons. The molecular weight excluding hydrogens is 262 g/mol. The van der Waals surface area contributed by atoms with Gasteiger partial charge in [0.25, 0.3) is 5.91 Å². The lowest BCUT2D eigenvalue weighted by atomic mass is 10.1. The number of ether oxygens (including phenoxy) is 1. The van der Waals surface area contributed by atoms with Crippen LogP contribution in [0.4, 0.5) is 0 Å². The summed E-state index contributed by atoms with van der Waals surface area (Å²) in [6, 6.07) is 15.3. The molecule has 1 N–H and O–H groups in total. The normalized spacial score (nSPS) is 10.2. The van der Waals surface area contributed by atoms with Crippen molar-refractivity contribution in [3.63, 3.8) is 0 Å². The number of amides is 1. The zero-order valence-corrected chi connectivity index (χ0v) is 12.6. The molecule has 0 aromatic heterocycles. The molecule has 0 aliphatic heterocycles. The zero-order chi connectivity index (χ0) is 15.1. The molecule has 0 saturated carbocycles. The third-order valence-electron chi connectivity index (χ3n) is 3.32. The second kappa shape index (κ2) is 7.48. The third-order valence-corrected chi connectivity index (χ3v) is 3.32. The van der Waals surface area contributed by atoms with Crippen molar-refractivity contribution in [2.45, 2.75) is 26.2 Å². The molecule has 0 atom stereocenters. The van der Waals surface area contributed by atoms with Crippen LogP contribution in [0.25, 0.3) is 0 Å². The second-order valence-electron chi connectivity index (χ2n) is 4.95. The van der Waals surface area contributed by atoms with E-state index < -0.39 is 0 Å². The molecule has 0 heterocycles. The summed E-state index contributed by atoms with van der Waals surface area (Å²) in [5, 5.41) is 2.59. The van der Waals surface area contributed by atoms with Gasteiger partial charge in [0.15, 0.2) is 0 Å². The van der Waals surface area contributed by atoms with Crippen molar-refractivity contribution in [3.8, 4) is 11.5 Å². The quantitative estimate of drug-likeness (QED) is 0.863. The van der Waals surface area contributed by atoms with Crippen LogP contribution in [0.3, 0.4) is 0 Å². The minimum Gasteiger partial charge on any atom is -0.457 e. The van der Waals surface area contributed by atoms with Gasteiger partial charge in [-0.15, -0.1) is 0 Å². The van der Waals surface area contributed by atoms with Gasteiger partial charge in [0.2, 0.25) is 0 Å². The Balaban J connectivity index is 1.99. The molecule has 0 unspecified atom stereocenters. The summed E-state index contributed by atoms with van der Waals surface area (Å²) in [5.41, 5.74) is 1.96. The number of aryl methyl sites for hydroxylation is 1. The maximum Gasteiger partial charge on any atom is 0.251 e. The Hall–Kier alpha value is -2.29. The number of carbonyl (C=O) groups excluding carboxylic acids is 1. The zero-order valence-electron chi connectivity index (χ0n) is 12.6. The van der Waals surface area contributed by atoms with Crippen molar-refractivity contribution in [1.29, 1.82) is 0 Å². The molecule has 1 amide bonds. The molecule has 3 nitrogen and oxygen atoms in total. The smallest absolute Gasteiger partial charge is 0.251 e. The van der Waals surface area contributed by atoms with E-state index in [0.29, 0.717) is 5.56 Å². The van der Waals surface area contributed by atoms with Gasteiger partial charge in [-0.25, -0.2) is 0 Å². The highest BCUT2D eigenvalue weighted by Crippen LogP contribution is 2.22. The largest absolute Gasteiger partial charge is 0.457 e. The Kier molecular flexibility index (Phi) is 5.38. The fraction of sp³-hybridized carbons (Fsp3) is 0.278. The fourth-order valence-corrected chi connectivity index (χ4v) is 2.06. The fourth-order valence-electron chi connectivity index (χ4n) is 2.06. The number of nitrogens with one attached hydrogen (secondary N) is 1. The molecular formula is C18H21NO2. The maximum atomic E-state index is 11.5. The second-order valence-corrected chi connectivity index (χ2v) is 4.95. The lowest BCUT2D eigenvalue weighted by Crippen LogP contribution is -2.17. The van der Waals surface area contributed by atoms with Crippen LogP contribution < -0.4 is 10.1 Å². The summed E-state index contributed by atoms with van der Waals surface area (Å²) in [6.45, 7) is 2.19. The van der Waals surface area contributed by atoms with Crippen LogP contribution in [0.5, 0.6) is 11.5 Å². The minimum absolute atomic E-state index is 0.0955. The summed E-state index contributed by atoms with van der Waals surface area (Å²) in [5.74, 6) is 1.44. The molecule has 0 spiro atoms. The molecule has 21 heavy (non-hydrogen) atoms. The summed E-state index contributed by atoms with van der Waals surface area (Å²) < 4.78 is 5.77. The molecule has 2 aromatic rings.